The monoisotopic (exact) mass is 459 g/mol. The van der Waals surface area contributed by atoms with Gasteiger partial charge >= 0.3 is 0 Å². The van der Waals surface area contributed by atoms with E-state index in [-0.39, 0.29) is 17.5 Å². The molecule has 1 atom stereocenters. The average Bonchev–Trinajstić information content (AvgIpc) is 2.88. The number of rotatable bonds is 6. The molecule has 0 amide bonds. The highest BCUT2D eigenvalue weighted by molar-refractivity contribution is 9.11. The van der Waals surface area contributed by atoms with Gasteiger partial charge in [0.15, 0.2) is 0 Å². The fourth-order valence-corrected chi connectivity index (χ4v) is 5.15. The minimum Gasteiger partial charge on any atom is -0.258 e. The van der Waals surface area contributed by atoms with Crippen molar-refractivity contribution in [2.75, 3.05) is 6.54 Å². The van der Waals surface area contributed by atoms with Gasteiger partial charge in [0.1, 0.15) is 0 Å². The van der Waals surface area contributed by atoms with E-state index in [1.54, 1.807) is 6.08 Å². The highest BCUT2D eigenvalue weighted by Crippen LogP contribution is 2.37. The molecule has 1 aromatic carbocycles. The van der Waals surface area contributed by atoms with E-state index in [0.717, 1.165) is 18.2 Å². The summed E-state index contributed by atoms with van der Waals surface area (Å²) < 4.78 is 27.2. The average molecular weight is 460 g/mol. The maximum atomic E-state index is 13.0. The number of benzene rings is 1. The molecule has 0 spiro atoms. The molecule has 1 saturated heterocycles. The first-order valence-electron chi connectivity index (χ1n) is 7.89. The first-order valence-corrected chi connectivity index (χ1v) is 10.4. The van der Waals surface area contributed by atoms with E-state index in [2.05, 4.69) is 21.7 Å². The maximum Gasteiger partial charge on any atom is 0.280 e. The summed E-state index contributed by atoms with van der Waals surface area (Å²) in [6.07, 6.45) is 2.22. The summed E-state index contributed by atoms with van der Waals surface area (Å²) in [5.74, 6) is -0.611. The van der Waals surface area contributed by atoms with Crippen LogP contribution in [0.5, 0.6) is 0 Å². The Morgan fingerprint density at radius 2 is 2.00 bits per heavy atom. The van der Waals surface area contributed by atoms with Gasteiger partial charge in [0.25, 0.3) is 11.4 Å². The summed E-state index contributed by atoms with van der Waals surface area (Å²) in [5, 5.41) is 22.1. The fourth-order valence-electron chi connectivity index (χ4n) is 3.10. The number of nitro benzene ring substituents is 2. The smallest absolute Gasteiger partial charge is 0.258 e. The van der Waals surface area contributed by atoms with Crippen molar-refractivity contribution in [3.63, 3.8) is 0 Å². The van der Waals surface area contributed by atoms with Crippen molar-refractivity contribution in [3.05, 3.63) is 60.8 Å². The van der Waals surface area contributed by atoms with E-state index < -0.39 is 43.0 Å². The Morgan fingerprint density at radius 3 is 2.56 bits per heavy atom. The van der Waals surface area contributed by atoms with Crippen molar-refractivity contribution in [3.8, 4) is 0 Å². The van der Waals surface area contributed by atoms with Crippen molar-refractivity contribution in [2.45, 2.75) is 32.1 Å². The molecule has 146 valence electrons. The SMILES string of the molecule is CC1(C)C[C@H](C=C=CBr)N(S(=O)(=O)Cc2ccc([N+](=O)[O-])cc2[N+](=O)[O-])C1. The van der Waals surface area contributed by atoms with E-state index in [4.69, 9.17) is 0 Å². The second-order valence-corrected chi connectivity index (χ2v) is 9.39. The molecule has 11 heteroatoms. The maximum absolute atomic E-state index is 13.0. The highest BCUT2D eigenvalue weighted by Gasteiger charge is 2.43. The first-order chi connectivity index (χ1) is 12.5. The van der Waals surface area contributed by atoms with Crippen LogP contribution < -0.4 is 0 Å². The number of nitro groups is 2. The largest absolute Gasteiger partial charge is 0.280 e. The second kappa shape index (κ2) is 7.89. The van der Waals surface area contributed by atoms with Gasteiger partial charge in [0, 0.05) is 23.2 Å². The number of hydrogen-bond acceptors (Lipinski definition) is 6. The second-order valence-electron chi connectivity index (χ2n) is 7.01. The van der Waals surface area contributed by atoms with Gasteiger partial charge in [-0.2, -0.15) is 4.31 Å². The van der Waals surface area contributed by atoms with E-state index >= 15 is 0 Å². The molecule has 0 aromatic heterocycles. The van der Waals surface area contributed by atoms with Crippen LogP contribution in [-0.2, 0) is 15.8 Å². The lowest BCUT2D eigenvalue weighted by Gasteiger charge is -2.22. The van der Waals surface area contributed by atoms with Crippen molar-refractivity contribution < 1.29 is 18.3 Å². The van der Waals surface area contributed by atoms with Gasteiger partial charge in [-0.05, 0) is 24.0 Å². The van der Waals surface area contributed by atoms with E-state index in [0.29, 0.717) is 6.42 Å². The van der Waals surface area contributed by atoms with Crippen LogP contribution in [0.4, 0.5) is 11.4 Å². The lowest BCUT2D eigenvalue weighted by atomic mass is 9.91. The minimum atomic E-state index is -3.89. The van der Waals surface area contributed by atoms with Crippen molar-refractivity contribution >= 4 is 37.3 Å². The van der Waals surface area contributed by atoms with E-state index in [9.17, 15) is 28.6 Å². The first kappa shape index (κ1) is 21.2. The molecule has 0 radical (unpaired) electrons. The van der Waals surface area contributed by atoms with Gasteiger partial charge in [0.05, 0.1) is 27.7 Å². The standard InChI is InChI=1S/C16H18BrN3O6S/c1-16(2)9-14(4-3-7-17)18(11-16)27(25,26)10-12-5-6-13(19(21)22)8-15(12)20(23)24/h4-8,14H,9-11H2,1-2H3/t3?,14-/m0/s1. The van der Waals surface area contributed by atoms with Crippen LogP contribution in [0.25, 0.3) is 0 Å². The Morgan fingerprint density at radius 1 is 1.33 bits per heavy atom. The Hall–Kier alpha value is -2.07. The molecular weight excluding hydrogens is 442 g/mol. The van der Waals surface area contributed by atoms with Gasteiger partial charge in [-0.1, -0.05) is 29.8 Å². The normalized spacial score (nSPS) is 19.3. The Labute approximate surface area is 164 Å². The van der Waals surface area contributed by atoms with Crippen LogP contribution in [-0.4, -0.2) is 35.2 Å². The summed E-state index contributed by atoms with van der Waals surface area (Å²) in [6.45, 7) is 4.15. The molecule has 1 aliphatic rings. The van der Waals surface area contributed by atoms with Gasteiger partial charge in [-0.15, -0.1) is 5.73 Å². The number of sulfonamides is 1. The molecule has 1 aliphatic heterocycles. The molecule has 0 saturated carbocycles. The molecule has 27 heavy (non-hydrogen) atoms. The van der Waals surface area contributed by atoms with Gasteiger partial charge < -0.3 is 0 Å². The Balaban J connectivity index is 2.42. The summed E-state index contributed by atoms with van der Waals surface area (Å²) in [6, 6.07) is 2.55. The summed E-state index contributed by atoms with van der Waals surface area (Å²) in [4.78, 5) is 22.0. The van der Waals surface area contributed by atoms with Crippen LogP contribution in [0, 0.1) is 25.6 Å². The van der Waals surface area contributed by atoms with Crippen molar-refractivity contribution in [1.82, 2.24) is 4.31 Å². The molecule has 1 fully saturated rings. The lowest BCUT2D eigenvalue weighted by molar-refractivity contribution is -0.394. The molecular formula is C16H18BrN3O6S. The molecule has 0 aliphatic carbocycles. The molecule has 2 rings (SSSR count). The Bertz CT molecular complexity index is 937. The topological polar surface area (TPSA) is 124 Å². The fraction of sp³-hybridized carbons (Fsp3) is 0.438. The molecule has 9 nitrogen and oxygen atoms in total. The number of hydrogen-bond donors (Lipinski definition) is 0. The Kier molecular flexibility index (Phi) is 6.21. The molecule has 0 unspecified atom stereocenters. The predicted molar refractivity (Wildman–Crippen MR) is 103 cm³/mol. The van der Waals surface area contributed by atoms with E-state index in [1.807, 2.05) is 13.8 Å². The van der Waals surface area contributed by atoms with Crippen LogP contribution in [0.1, 0.15) is 25.8 Å². The summed E-state index contributed by atoms with van der Waals surface area (Å²) >= 11 is 3.09. The predicted octanol–water partition coefficient (Wildman–Crippen LogP) is 3.50. The quantitative estimate of drug-likeness (QED) is 0.364. The van der Waals surface area contributed by atoms with Gasteiger partial charge in [-0.3, -0.25) is 20.2 Å². The van der Waals surface area contributed by atoms with E-state index in [1.165, 1.54) is 9.29 Å². The number of non-ortho nitro benzene ring substituents is 1. The van der Waals surface area contributed by atoms with Crippen molar-refractivity contribution in [2.24, 2.45) is 5.41 Å². The highest BCUT2D eigenvalue weighted by atomic mass is 79.9. The van der Waals surface area contributed by atoms with Crippen LogP contribution in [0.3, 0.4) is 0 Å². The zero-order valence-corrected chi connectivity index (χ0v) is 17.1. The minimum absolute atomic E-state index is 0.0888. The summed E-state index contributed by atoms with van der Waals surface area (Å²) in [7, 11) is -3.89. The van der Waals surface area contributed by atoms with Crippen molar-refractivity contribution in [1.29, 1.82) is 0 Å². The number of nitrogens with zero attached hydrogens (tertiary/aromatic N) is 3. The van der Waals surface area contributed by atoms with Crippen LogP contribution >= 0.6 is 15.9 Å². The van der Waals surface area contributed by atoms with Gasteiger partial charge in [-0.25, -0.2) is 8.42 Å². The number of halogens is 1. The lowest BCUT2D eigenvalue weighted by Crippen LogP contribution is -2.36. The molecule has 1 heterocycles. The third-order valence-corrected chi connectivity index (χ3v) is 6.29. The summed E-state index contributed by atoms with van der Waals surface area (Å²) in [5.41, 5.74) is 1.42. The molecule has 0 N–H and O–H groups in total. The van der Waals surface area contributed by atoms with Crippen LogP contribution in [0.15, 0.2) is 35.0 Å². The zero-order valence-electron chi connectivity index (χ0n) is 14.7. The third-order valence-electron chi connectivity index (χ3n) is 4.24. The third kappa shape index (κ3) is 5.01. The molecule has 0 bridgehead atoms. The zero-order chi connectivity index (χ0) is 20.4. The van der Waals surface area contributed by atoms with Crippen LogP contribution in [0.2, 0.25) is 0 Å². The molecule has 1 aromatic rings. The van der Waals surface area contributed by atoms with Gasteiger partial charge in [0.2, 0.25) is 10.0 Å².